The number of aromatic amines is 1. The number of nitrogens with zero attached hydrogens (tertiary/aromatic N) is 3. The maximum absolute atomic E-state index is 12.0. The second-order valence-electron chi connectivity index (χ2n) is 5.40. The van der Waals surface area contributed by atoms with Crippen LogP contribution in [0.1, 0.15) is 42.8 Å². The zero-order chi connectivity index (χ0) is 14.0. The van der Waals surface area contributed by atoms with Crippen molar-refractivity contribution in [2.45, 2.75) is 33.1 Å². The van der Waals surface area contributed by atoms with Crippen LogP contribution in [0.15, 0.2) is 18.5 Å². The third-order valence-electron chi connectivity index (χ3n) is 2.67. The molecule has 0 unspecified atom stereocenters. The lowest BCUT2D eigenvalue weighted by molar-refractivity contribution is 0.101. The summed E-state index contributed by atoms with van der Waals surface area (Å²) < 4.78 is 0. The molecule has 6 heteroatoms. The maximum atomic E-state index is 12.0. The van der Waals surface area contributed by atoms with Crippen molar-refractivity contribution in [3.63, 3.8) is 0 Å². The zero-order valence-corrected chi connectivity index (χ0v) is 11.5. The molecule has 0 aliphatic rings. The van der Waals surface area contributed by atoms with Gasteiger partial charge in [-0.3, -0.25) is 14.9 Å². The van der Waals surface area contributed by atoms with E-state index in [0.29, 0.717) is 11.5 Å². The van der Waals surface area contributed by atoms with Crippen molar-refractivity contribution < 1.29 is 4.79 Å². The summed E-state index contributed by atoms with van der Waals surface area (Å²) in [6.45, 7) is 7.88. The lowest BCUT2D eigenvalue weighted by Gasteiger charge is -2.12. The van der Waals surface area contributed by atoms with Crippen molar-refractivity contribution in [3.05, 3.63) is 35.7 Å². The van der Waals surface area contributed by atoms with Gasteiger partial charge in [-0.05, 0) is 18.6 Å². The fourth-order valence-electron chi connectivity index (χ4n) is 1.49. The Balaban J connectivity index is 2.17. The minimum Gasteiger partial charge on any atom is -0.319 e. The van der Waals surface area contributed by atoms with Crippen LogP contribution < -0.4 is 5.32 Å². The minimum absolute atomic E-state index is 0.140. The van der Waals surface area contributed by atoms with Gasteiger partial charge in [0, 0.05) is 23.5 Å². The van der Waals surface area contributed by atoms with Gasteiger partial charge in [0.05, 0.1) is 0 Å². The summed E-state index contributed by atoms with van der Waals surface area (Å²) in [7, 11) is 0. The molecule has 0 saturated heterocycles. The van der Waals surface area contributed by atoms with E-state index in [4.69, 9.17) is 0 Å². The van der Waals surface area contributed by atoms with Crippen LogP contribution in [0.5, 0.6) is 0 Å². The summed E-state index contributed by atoms with van der Waals surface area (Å²) in [4.78, 5) is 20.2. The van der Waals surface area contributed by atoms with Crippen molar-refractivity contribution in [2.75, 3.05) is 5.32 Å². The Bertz CT molecular complexity index is 597. The van der Waals surface area contributed by atoms with Gasteiger partial charge in [0.1, 0.15) is 5.82 Å². The number of amides is 1. The molecule has 2 N–H and O–H groups in total. The van der Waals surface area contributed by atoms with Crippen LogP contribution in [-0.4, -0.2) is 26.1 Å². The van der Waals surface area contributed by atoms with Crippen molar-refractivity contribution in [3.8, 4) is 0 Å². The number of hydrogen-bond donors (Lipinski definition) is 2. The van der Waals surface area contributed by atoms with E-state index in [0.717, 1.165) is 5.56 Å². The number of carbonyl (C=O) groups excluding carboxylic acids is 1. The number of nitrogens with one attached hydrogen (secondary N) is 2. The topological polar surface area (TPSA) is 83.6 Å². The quantitative estimate of drug-likeness (QED) is 0.864. The van der Waals surface area contributed by atoms with E-state index < -0.39 is 0 Å². The summed E-state index contributed by atoms with van der Waals surface area (Å²) in [5.74, 6) is 0.492. The highest BCUT2D eigenvalue weighted by atomic mass is 16.2. The van der Waals surface area contributed by atoms with E-state index in [-0.39, 0.29) is 17.1 Å². The van der Waals surface area contributed by atoms with Crippen molar-refractivity contribution in [1.29, 1.82) is 0 Å². The average Bonchev–Trinajstić information content (AvgIpc) is 2.81. The van der Waals surface area contributed by atoms with Crippen LogP contribution in [0.3, 0.4) is 0 Å². The molecule has 0 aliphatic carbocycles. The van der Waals surface area contributed by atoms with Crippen LogP contribution in [-0.2, 0) is 5.41 Å². The molecule has 0 radical (unpaired) electrons. The first-order valence-corrected chi connectivity index (χ1v) is 6.03. The molecule has 0 fully saturated rings. The molecular formula is C13H17N5O. The molecule has 2 heterocycles. The zero-order valence-electron chi connectivity index (χ0n) is 11.5. The fraction of sp³-hybridized carbons (Fsp3) is 0.385. The number of anilines is 1. The van der Waals surface area contributed by atoms with Crippen LogP contribution in [0.25, 0.3) is 0 Å². The number of hydrogen-bond acceptors (Lipinski definition) is 4. The van der Waals surface area contributed by atoms with Gasteiger partial charge in [0.15, 0.2) is 0 Å². The smallest absolute Gasteiger partial charge is 0.295 e. The fourth-order valence-corrected chi connectivity index (χ4v) is 1.49. The van der Waals surface area contributed by atoms with Gasteiger partial charge >= 0.3 is 0 Å². The van der Waals surface area contributed by atoms with Gasteiger partial charge in [0.25, 0.3) is 5.91 Å². The molecule has 1 amide bonds. The molecule has 100 valence electrons. The number of carbonyl (C=O) groups is 1. The molecular weight excluding hydrogens is 242 g/mol. The van der Waals surface area contributed by atoms with E-state index in [9.17, 15) is 4.79 Å². The number of aryl methyl sites for hydroxylation is 1. The number of aromatic nitrogens is 4. The lowest BCUT2D eigenvalue weighted by atomic mass is 9.96. The van der Waals surface area contributed by atoms with Gasteiger partial charge < -0.3 is 5.32 Å². The molecule has 0 saturated carbocycles. The maximum Gasteiger partial charge on any atom is 0.295 e. The largest absolute Gasteiger partial charge is 0.319 e. The summed E-state index contributed by atoms with van der Waals surface area (Å²) in [5, 5.41) is 9.50. The number of H-pyrrole nitrogens is 1. The predicted octanol–water partition coefficient (Wildman–Crippen LogP) is 2.06. The summed E-state index contributed by atoms with van der Waals surface area (Å²) in [5.41, 5.74) is 1.43. The third kappa shape index (κ3) is 2.96. The number of pyridine rings is 1. The molecule has 6 nitrogen and oxygen atoms in total. The first kappa shape index (κ1) is 13.2. The Morgan fingerprint density at radius 2 is 2.11 bits per heavy atom. The molecule has 0 aromatic carbocycles. The monoisotopic (exact) mass is 259 g/mol. The molecule has 2 aromatic rings. The highest BCUT2D eigenvalue weighted by molar-refractivity contribution is 6.01. The SMILES string of the molecule is Cc1cnccc1NC(=O)c1n[nH]c(C(C)(C)C)n1. The molecule has 0 spiro atoms. The Labute approximate surface area is 111 Å². The summed E-state index contributed by atoms with van der Waals surface area (Å²) in [6, 6.07) is 1.74. The second kappa shape index (κ2) is 4.79. The first-order valence-electron chi connectivity index (χ1n) is 6.03. The molecule has 2 aromatic heterocycles. The van der Waals surface area contributed by atoms with Gasteiger partial charge in [-0.2, -0.15) is 0 Å². The lowest BCUT2D eigenvalue weighted by Crippen LogP contribution is -2.16. The van der Waals surface area contributed by atoms with E-state index in [1.165, 1.54) is 0 Å². The van der Waals surface area contributed by atoms with Crippen LogP contribution in [0, 0.1) is 6.92 Å². The van der Waals surface area contributed by atoms with Crippen LogP contribution >= 0.6 is 0 Å². The Morgan fingerprint density at radius 3 is 2.68 bits per heavy atom. The molecule has 0 aliphatic heterocycles. The van der Waals surface area contributed by atoms with E-state index >= 15 is 0 Å². The van der Waals surface area contributed by atoms with E-state index in [2.05, 4.69) is 25.5 Å². The van der Waals surface area contributed by atoms with E-state index in [1.807, 2.05) is 27.7 Å². The van der Waals surface area contributed by atoms with Crippen LogP contribution in [0.2, 0.25) is 0 Å². The molecule has 0 bridgehead atoms. The van der Waals surface area contributed by atoms with Gasteiger partial charge in [-0.15, -0.1) is 5.10 Å². The normalized spacial score (nSPS) is 11.4. The Hall–Kier alpha value is -2.24. The van der Waals surface area contributed by atoms with Gasteiger partial charge in [-0.25, -0.2) is 4.98 Å². The summed E-state index contributed by atoms with van der Waals surface area (Å²) in [6.07, 6.45) is 3.31. The first-order chi connectivity index (χ1) is 8.88. The summed E-state index contributed by atoms with van der Waals surface area (Å²) >= 11 is 0. The minimum atomic E-state index is -0.332. The van der Waals surface area contributed by atoms with Crippen molar-refractivity contribution >= 4 is 11.6 Å². The highest BCUT2D eigenvalue weighted by Crippen LogP contribution is 2.18. The number of rotatable bonds is 2. The van der Waals surface area contributed by atoms with Gasteiger partial charge in [-0.1, -0.05) is 20.8 Å². The Kier molecular flexibility index (Phi) is 3.33. The molecule has 19 heavy (non-hydrogen) atoms. The van der Waals surface area contributed by atoms with Crippen LogP contribution in [0.4, 0.5) is 5.69 Å². The second-order valence-corrected chi connectivity index (χ2v) is 5.40. The predicted molar refractivity (Wildman–Crippen MR) is 72.0 cm³/mol. The molecule has 2 rings (SSSR count). The highest BCUT2D eigenvalue weighted by Gasteiger charge is 2.21. The third-order valence-corrected chi connectivity index (χ3v) is 2.67. The van der Waals surface area contributed by atoms with Crippen molar-refractivity contribution in [1.82, 2.24) is 20.2 Å². The molecule has 0 atom stereocenters. The van der Waals surface area contributed by atoms with Crippen molar-refractivity contribution in [2.24, 2.45) is 0 Å². The van der Waals surface area contributed by atoms with Gasteiger partial charge in [0.2, 0.25) is 5.82 Å². The van der Waals surface area contributed by atoms with E-state index in [1.54, 1.807) is 18.5 Å². The Morgan fingerprint density at radius 1 is 1.37 bits per heavy atom. The average molecular weight is 259 g/mol. The standard InChI is InChI=1S/C13H17N5O/c1-8-7-14-6-5-9(8)15-11(19)10-16-12(18-17-10)13(2,3)4/h5-7H,1-4H3,(H,14,15,19)(H,16,17,18).